The molecule has 0 aromatic heterocycles. The molecule has 15 heavy (non-hydrogen) atoms. The fraction of sp³-hybridized carbons (Fsp3) is 0.667. The third-order valence-electron chi connectivity index (χ3n) is 2.15. The van der Waals surface area contributed by atoms with Crippen LogP contribution < -0.4 is 5.73 Å². The van der Waals surface area contributed by atoms with E-state index in [4.69, 9.17) is 20.7 Å². The summed E-state index contributed by atoms with van der Waals surface area (Å²) in [6.45, 7) is -0.374. The van der Waals surface area contributed by atoms with Gasteiger partial charge in [0.25, 0.3) is 0 Å². The van der Waals surface area contributed by atoms with Crippen LogP contribution in [0.2, 0.25) is 0 Å². The van der Waals surface area contributed by atoms with Gasteiger partial charge in [0.15, 0.2) is 0 Å². The van der Waals surface area contributed by atoms with Crippen LogP contribution in [0.5, 0.6) is 0 Å². The van der Waals surface area contributed by atoms with E-state index < -0.39 is 18.2 Å². The van der Waals surface area contributed by atoms with Crippen LogP contribution in [0.15, 0.2) is 11.8 Å². The summed E-state index contributed by atoms with van der Waals surface area (Å²) >= 11 is 0. The van der Waals surface area contributed by atoms with Crippen molar-refractivity contribution in [3.63, 3.8) is 0 Å². The first-order chi connectivity index (χ1) is 7.02. The molecular formula is C9H15NO5. The van der Waals surface area contributed by atoms with Crippen LogP contribution in [0.4, 0.5) is 0 Å². The molecule has 86 valence electrons. The number of ether oxygens (including phenoxy) is 1. The van der Waals surface area contributed by atoms with E-state index in [1.807, 2.05) is 0 Å². The Balaban J connectivity index is 2.58. The van der Waals surface area contributed by atoms with Crippen molar-refractivity contribution < 1.29 is 24.9 Å². The van der Waals surface area contributed by atoms with Gasteiger partial charge in [-0.25, -0.2) is 4.79 Å². The number of hydrogen-bond donors (Lipinski definition) is 4. The van der Waals surface area contributed by atoms with E-state index in [1.54, 1.807) is 0 Å². The maximum Gasteiger partial charge on any atom is 0.370 e. The lowest BCUT2D eigenvalue weighted by molar-refractivity contribution is -0.138. The smallest absolute Gasteiger partial charge is 0.370 e. The van der Waals surface area contributed by atoms with E-state index in [0.717, 1.165) is 0 Å². The number of carboxylic acid groups (broad SMARTS) is 1. The van der Waals surface area contributed by atoms with Crippen LogP contribution in [0.3, 0.4) is 0 Å². The maximum absolute atomic E-state index is 10.6. The molecule has 0 aromatic rings. The lowest BCUT2D eigenvalue weighted by atomic mass is 10.0. The Morgan fingerprint density at radius 2 is 2.40 bits per heavy atom. The highest BCUT2D eigenvalue weighted by atomic mass is 16.5. The Morgan fingerprint density at radius 1 is 1.73 bits per heavy atom. The van der Waals surface area contributed by atoms with Crippen molar-refractivity contribution in [3.05, 3.63) is 11.8 Å². The Morgan fingerprint density at radius 3 is 2.93 bits per heavy atom. The van der Waals surface area contributed by atoms with Crippen molar-refractivity contribution in [2.45, 2.75) is 31.1 Å². The van der Waals surface area contributed by atoms with Crippen LogP contribution in [0, 0.1) is 0 Å². The number of aliphatic carboxylic acids is 1. The second kappa shape index (κ2) is 5.11. The minimum atomic E-state index is -1.17. The van der Waals surface area contributed by atoms with Gasteiger partial charge in [-0.05, 0) is 6.08 Å². The number of nitrogens with two attached hydrogens (primary N) is 1. The summed E-state index contributed by atoms with van der Waals surface area (Å²) in [4.78, 5) is 10.6. The summed E-state index contributed by atoms with van der Waals surface area (Å²) in [5.41, 5.74) is 5.61. The third-order valence-corrected chi connectivity index (χ3v) is 2.15. The van der Waals surface area contributed by atoms with Crippen molar-refractivity contribution in [2.24, 2.45) is 5.73 Å². The van der Waals surface area contributed by atoms with Gasteiger partial charge in [-0.1, -0.05) is 0 Å². The van der Waals surface area contributed by atoms with E-state index in [1.165, 1.54) is 6.08 Å². The number of aliphatic hydroxyl groups is 2. The number of carbonyl (C=O) groups is 1. The number of hydrogen-bond acceptors (Lipinski definition) is 5. The third kappa shape index (κ3) is 3.50. The molecule has 0 fully saturated rings. The van der Waals surface area contributed by atoms with Gasteiger partial charge in [-0.15, -0.1) is 0 Å². The Labute approximate surface area is 87.0 Å². The second-order valence-corrected chi connectivity index (χ2v) is 3.55. The van der Waals surface area contributed by atoms with Crippen molar-refractivity contribution >= 4 is 5.97 Å². The summed E-state index contributed by atoms with van der Waals surface area (Å²) in [6.07, 6.45) is 0.584. The number of rotatable bonds is 4. The van der Waals surface area contributed by atoms with Gasteiger partial charge in [0.2, 0.25) is 5.76 Å². The van der Waals surface area contributed by atoms with Crippen molar-refractivity contribution in [2.75, 3.05) is 6.61 Å². The molecule has 1 unspecified atom stereocenters. The molecule has 0 aliphatic carbocycles. The molecule has 0 amide bonds. The fourth-order valence-corrected chi connectivity index (χ4v) is 1.48. The normalized spacial score (nSPS) is 27.8. The SMILES string of the molecule is N[C@H]1C=C(C(=O)O)OC(C[C@H](O)CO)C1. The summed E-state index contributed by atoms with van der Waals surface area (Å²) < 4.78 is 5.10. The largest absolute Gasteiger partial charge is 0.483 e. The van der Waals surface area contributed by atoms with Crippen LogP contribution in [0.25, 0.3) is 0 Å². The molecule has 0 saturated heterocycles. The summed E-state index contributed by atoms with van der Waals surface area (Å²) in [7, 11) is 0. The van der Waals surface area contributed by atoms with Gasteiger partial charge in [0.05, 0.1) is 12.7 Å². The molecule has 5 N–H and O–H groups in total. The zero-order valence-electron chi connectivity index (χ0n) is 8.17. The van der Waals surface area contributed by atoms with Crippen LogP contribution in [-0.2, 0) is 9.53 Å². The number of aliphatic hydroxyl groups excluding tert-OH is 2. The molecule has 0 spiro atoms. The zero-order valence-corrected chi connectivity index (χ0v) is 8.17. The first-order valence-electron chi connectivity index (χ1n) is 4.69. The summed E-state index contributed by atoms with van der Waals surface area (Å²) in [5, 5.41) is 26.5. The minimum Gasteiger partial charge on any atom is -0.483 e. The molecule has 1 aliphatic heterocycles. The van der Waals surface area contributed by atoms with Gasteiger partial charge < -0.3 is 25.8 Å². The molecule has 0 aromatic carbocycles. The highest BCUT2D eigenvalue weighted by Crippen LogP contribution is 2.20. The highest BCUT2D eigenvalue weighted by Gasteiger charge is 2.26. The molecule has 3 atom stereocenters. The number of carboxylic acids is 1. The van der Waals surface area contributed by atoms with Gasteiger partial charge in [-0.3, -0.25) is 0 Å². The van der Waals surface area contributed by atoms with Crippen LogP contribution >= 0.6 is 0 Å². The molecule has 0 saturated carbocycles. The molecule has 1 rings (SSSR count). The van der Waals surface area contributed by atoms with Gasteiger partial charge >= 0.3 is 5.97 Å². The molecule has 6 nitrogen and oxygen atoms in total. The molecule has 1 heterocycles. The molecule has 0 radical (unpaired) electrons. The summed E-state index contributed by atoms with van der Waals surface area (Å²) in [6, 6.07) is -0.388. The van der Waals surface area contributed by atoms with Crippen LogP contribution in [0.1, 0.15) is 12.8 Å². The molecule has 6 heteroatoms. The Kier molecular flexibility index (Phi) is 4.07. The quantitative estimate of drug-likeness (QED) is 0.471. The topological polar surface area (TPSA) is 113 Å². The van der Waals surface area contributed by atoms with Gasteiger partial charge in [0, 0.05) is 18.9 Å². The summed E-state index contributed by atoms with van der Waals surface area (Å²) in [5.74, 6) is -1.36. The average molecular weight is 217 g/mol. The predicted molar refractivity (Wildman–Crippen MR) is 50.9 cm³/mol. The first kappa shape index (κ1) is 12.0. The molecular weight excluding hydrogens is 202 g/mol. The Bertz CT molecular complexity index is 265. The van der Waals surface area contributed by atoms with E-state index in [0.29, 0.717) is 6.42 Å². The minimum absolute atomic E-state index is 0.175. The molecule has 1 aliphatic rings. The Hall–Kier alpha value is -1.11. The molecule has 0 bridgehead atoms. The highest BCUT2D eigenvalue weighted by molar-refractivity contribution is 5.84. The predicted octanol–water partition coefficient (Wildman–Crippen LogP) is -1.19. The average Bonchev–Trinajstić information content (AvgIpc) is 2.16. The van der Waals surface area contributed by atoms with E-state index in [-0.39, 0.29) is 24.8 Å². The monoisotopic (exact) mass is 217 g/mol. The second-order valence-electron chi connectivity index (χ2n) is 3.55. The van der Waals surface area contributed by atoms with Crippen molar-refractivity contribution in [1.29, 1.82) is 0 Å². The van der Waals surface area contributed by atoms with E-state index >= 15 is 0 Å². The first-order valence-corrected chi connectivity index (χ1v) is 4.69. The zero-order chi connectivity index (χ0) is 11.4. The van der Waals surface area contributed by atoms with Gasteiger partial charge in [0.1, 0.15) is 6.10 Å². The lowest BCUT2D eigenvalue weighted by Gasteiger charge is -2.27. The lowest BCUT2D eigenvalue weighted by Crippen LogP contribution is -2.35. The van der Waals surface area contributed by atoms with E-state index in [2.05, 4.69) is 0 Å². The maximum atomic E-state index is 10.6. The van der Waals surface area contributed by atoms with E-state index in [9.17, 15) is 9.90 Å². The van der Waals surface area contributed by atoms with Crippen molar-refractivity contribution in [1.82, 2.24) is 0 Å². The van der Waals surface area contributed by atoms with Crippen LogP contribution in [-0.4, -0.2) is 46.1 Å². The fourth-order valence-electron chi connectivity index (χ4n) is 1.48. The van der Waals surface area contributed by atoms with Crippen molar-refractivity contribution in [3.8, 4) is 0 Å². The van der Waals surface area contributed by atoms with Gasteiger partial charge in [-0.2, -0.15) is 0 Å². The standard InChI is InChI=1S/C9H15NO5/c10-5-1-7(3-6(12)4-11)15-8(2-5)9(13)14/h2,5-7,11-12H,1,3-4,10H2,(H,13,14)/t5-,6+,7?/m1/s1.